The van der Waals surface area contributed by atoms with Gasteiger partial charge in [-0.25, -0.2) is 9.79 Å². The molecule has 0 aliphatic carbocycles. The first-order valence-corrected chi connectivity index (χ1v) is 7.74. The van der Waals surface area contributed by atoms with Crippen molar-refractivity contribution in [2.45, 2.75) is 13.0 Å². The maximum absolute atomic E-state index is 11.1. The Bertz CT molecular complexity index is 932. The van der Waals surface area contributed by atoms with Gasteiger partial charge in [0.15, 0.2) is 3.95 Å². The number of allylic oxidation sites excluding steroid dienone is 1. The van der Waals surface area contributed by atoms with Crippen LogP contribution in [0.4, 0.5) is 0 Å². The molecular formula is C15H12N2O3S2. The summed E-state index contributed by atoms with van der Waals surface area (Å²) in [5.41, 5.74) is 0.697. The number of carboxylic acids is 1. The highest BCUT2D eigenvalue weighted by Gasteiger charge is 2.20. The van der Waals surface area contributed by atoms with Crippen LogP contribution < -0.4 is 10.6 Å². The van der Waals surface area contributed by atoms with Crippen molar-refractivity contribution in [3.05, 3.63) is 49.4 Å². The molecule has 2 N–H and O–H groups in total. The smallest absolute Gasteiger partial charge is 0.326 e. The van der Waals surface area contributed by atoms with Gasteiger partial charge in [0.05, 0.1) is 15.9 Å². The van der Waals surface area contributed by atoms with Gasteiger partial charge in [0.2, 0.25) is 5.88 Å². The van der Waals surface area contributed by atoms with Gasteiger partial charge in [0.1, 0.15) is 6.04 Å². The fourth-order valence-corrected chi connectivity index (χ4v) is 3.60. The van der Waals surface area contributed by atoms with Crippen molar-refractivity contribution in [2.75, 3.05) is 0 Å². The lowest BCUT2D eigenvalue weighted by molar-refractivity contribution is -0.140. The number of aromatic hydroxyl groups is 1. The zero-order chi connectivity index (χ0) is 15.9. The molecule has 1 unspecified atom stereocenters. The average molecular weight is 332 g/mol. The Hall–Kier alpha value is -2.25. The fraction of sp³-hybridized carbons (Fsp3) is 0.133. The van der Waals surface area contributed by atoms with Crippen LogP contribution in [-0.4, -0.2) is 20.7 Å². The summed E-state index contributed by atoms with van der Waals surface area (Å²) in [6.45, 7) is 1.48. The monoisotopic (exact) mass is 332 g/mol. The third-order valence-electron chi connectivity index (χ3n) is 3.36. The number of hydrogen-bond donors (Lipinski definition) is 2. The number of carbonyl (C=O) groups is 1. The highest BCUT2D eigenvalue weighted by Crippen LogP contribution is 2.31. The van der Waals surface area contributed by atoms with Crippen molar-refractivity contribution in [1.82, 2.24) is 4.57 Å². The molecule has 0 fully saturated rings. The highest BCUT2D eigenvalue weighted by molar-refractivity contribution is 7.73. The van der Waals surface area contributed by atoms with Gasteiger partial charge in [-0.2, -0.15) is 0 Å². The molecule has 0 spiro atoms. The van der Waals surface area contributed by atoms with Crippen molar-refractivity contribution < 1.29 is 15.0 Å². The minimum Gasteiger partial charge on any atom is -0.493 e. The maximum Gasteiger partial charge on any atom is 0.326 e. The summed E-state index contributed by atoms with van der Waals surface area (Å²) in [6, 6.07) is 6.79. The summed E-state index contributed by atoms with van der Waals surface area (Å²) in [6.07, 6.45) is 3.61. The number of nitrogens with zero attached hydrogens (tertiary/aromatic N) is 2. The minimum absolute atomic E-state index is 0.142. The lowest BCUT2D eigenvalue weighted by Gasteiger charge is -2.08. The van der Waals surface area contributed by atoms with Crippen LogP contribution in [0.3, 0.4) is 0 Å². The normalized spacial score (nSPS) is 16.0. The lowest BCUT2D eigenvalue weighted by atomic mass is 10.3. The summed E-state index contributed by atoms with van der Waals surface area (Å²) >= 11 is 6.31. The minimum atomic E-state index is -1.05. The van der Waals surface area contributed by atoms with Crippen molar-refractivity contribution in [2.24, 2.45) is 4.99 Å². The topological polar surface area (TPSA) is 74.8 Å². The quantitative estimate of drug-likeness (QED) is 0.844. The van der Waals surface area contributed by atoms with E-state index in [9.17, 15) is 9.90 Å². The number of para-hydroxylation sites is 1. The average Bonchev–Trinajstić information content (AvgIpc) is 2.99. The van der Waals surface area contributed by atoms with Crippen LogP contribution in [-0.2, 0) is 4.79 Å². The zero-order valence-corrected chi connectivity index (χ0v) is 13.2. The Labute approximate surface area is 134 Å². The summed E-state index contributed by atoms with van der Waals surface area (Å²) in [7, 11) is 0. The van der Waals surface area contributed by atoms with E-state index in [1.165, 1.54) is 11.5 Å². The number of rotatable bonds is 3. The first-order valence-electron chi connectivity index (χ1n) is 6.51. The molecule has 0 radical (unpaired) electrons. The van der Waals surface area contributed by atoms with Gasteiger partial charge in [0.25, 0.3) is 0 Å². The van der Waals surface area contributed by atoms with Gasteiger partial charge in [-0.05, 0) is 37.4 Å². The molecule has 0 amide bonds. The molecule has 2 heterocycles. The number of thiazole rings is 1. The molecule has 22 heavy (non-hydrogen) atoms. The van der Waals surface area contributed by atoms with Crippen LogP contribution in [0.25, 0.3) is 12.2 Å². The molecule has 2 aromatic rings. The van der Waals surface area contributed by atoms with Crippen molar-refractivity contribution in [1.29, 1.82) is 0 Å². The molecule has 1 aliphatic rings. The number of benzene rings is 1. The molecule has 1 atom stereocenters. The predicted octanol–water partition coefficient (Wildman–Crippen LogP) is 2.09. The second-order valence-electron chi connectivity index (χ2n) is 4.82. The van der Waals surface area contributed by atoms with E-state index < -0.39 is 12.0 Å². The molecule has 7 heteroatoms. The van der Waals surface area contributed by atoms with Crippen molar-refractivity contribution in [3.63, 3.8) is 0 Å². The molecule has 3 rings (SSSR count). The van der Waals surface area contributed by atoms with Gasteiger partial charge in [-0.15, -0.1) is 11.3 Å². The first-order chi connectivity index (χ1) is 10.5. The van der Waals surface area contributed by atoms with E-state index in [1.807, 2.05) is 30.3 Å². The highest BCUT2D eigenvalue weighted by atomic mass is 32.1. The van der Waals surface area contributed by atoms with E-state index in [-0.39, 0.29) is 5.88 Å². The van der Waals surface area contributed by atoms with Crippen molar-refractivity contribution in [3.8, 4) is 5.88 Å². The summed E-state index contributed by atoms with van der Waals surface area (Å²) < 4.78 is 1.55. The second kappa shape index (κ2) is 5.51. The molecule has 0 bridgehead atoms. The number of hydrogen-bond acceptors (Lipinski definition) is 5. The Kier molecular flexibility index (Phi) is 3.67. The molecule has 1 aromatic carbocycles. The largest absolute Gasteiger partial charge is 0.493 e. The van der Waals surface area contributed by atoms with Gasteiger partial charge in [-0.1, -0.05) is 18.2 Å². The van der Waals surface area contributed by atoms with E-state index in [2.05, 4.69) is 4.99 Å². The molecule has 5 nitrogen and oxygen atoms in total. The number of aliphatic carboxylic acids is 1. The Morgan fingerprint density at radius 2 is 2.18 bits per heavy atom. The van der Waals surface area contributed by atoms with E-state index >= 15 is 0 Å². The number of aromatic nitrogens is 1. The molecule has 0 saturated heterocycles. The van der Waals surface area contributed by atoms with E-state index in [4.69, 9.17) is 17.3 Å². The molecule has 1 aromatic heterocycles. The van der Waals surface area contributed by atoms with Crippen LogP contribution in [0, 0.1) is 3.95 Å². The summed E-state index contributed by atoms with van der Waals surface area (Å²) in [5, 5.41) is 21.2. The van der Waals surface area contributed by atoms with Crippen LogP contribution in [0.15, 0.2) is 35.0 Å². The summed E-state index contributed by atoms with van der Waals surface area (Å²) in [5.74, 6) is -1.19. The van der Waals surface area contributed by atoms with E-state index in [0.717, 1.165) is 21.9 Å². The van der Waals surface area contributed by atoms with Crippen molar-refractivity contribution >= 4 is 41.7 Å². The van der Waals surface area contributed by atoms with Crippen LogP contribution in [0.1, 0.15) is 17.8 Å². The predicted molar refractivity (Wildman–Crippen MR) is 86.8 cm³/mol. The molecule has 0 saturated carbocycles. The number of carboxylic acid groups (broad SMARTS) is 1. The maximum atomic E-state index is 11.1. The van der Waals surface area contributed by atoms with E-state index in [1.54, 1.807) is 6.08 Å². The molecular weight excluding hydrogens is 320 g/mol. The van der Waals surface area contributed by atoms with Crippen LogP contribution >= 0.6 is 23.6 Å². The van der Waals surface area contributed by atoms with Gasteiger partial charge in [0, 0.05) is 5.22 Å². The van der Waals surface area contributed by atoms with Gasteiger partial charge < -0.3 is 10.2 Å². The first kappa shape index (κ1) is 14.7. The van der Waals surface area contributed by atoms with E-state index in [0.29, 0.717) is 14.5 Å². The third kappa shape index (κ3) is 2.49. The van der Waals surface area contributed by atoms with Crippen LogP contribution in [0.5, 0.6) is 5.88 Å². The molecule has 1 aliphatic heterocycles. The fourth-order valence-electron chi connectivity index (χ4n) is 2.19. The lowest BCUT2D eigenvalue weighted by Crippen LogP contribution is -2.19. The SMILES string of the molecule is CC(C(=O)O)n1c(O)c(/C=C2/C=c3ccccc3=N2)sc1=S. The second-order valence-corrected chi connectivity index (χ2v) is 6.50. The molecule has 112 valence electrons. The zero-order valence-electron chi connectivity index (χ0n) is 11.6. The Morgan fingerprint density at radius 1 is 1.45 bits per heavy atom. The van der Waals surface area contributed by atoms with Gasteiger partial charge >= 0.3 is 5.97 Å². The Balaban J connectivity index is 2.07. The third-order valence-corrected chi connectivity index (χ3v) is 4.69. The number of fused-ring (bicyclic) bond motifs is 1. The van der Waals surface area contributed by atoms with Gasteiger partial charge in [-0.3, -0.25) is 4.57 Å². The Morgan fingerprint density at radius 3 is 2.86 bits per heavy atom. The standard InChI is InChI=1S/C15H12N2O3S2/c1-8(14(19)20)17-13(18)12(22-15(17)21)7-10-6-9-4-2-3-5-11(9)16-10/h2-8,18H,1H3,(H,19,20)/b10-7-. The summed E-state index contributed by atoms with van der Waals surface area (Å²) in [4.78, 5) is 16.0. The van der Waals surface area contributed by atoms with Crippen LogP contribution in [0.2, 0.25) is 0 Å².